The number of nitrogens with zero attached hydrogens (tertiary/aromatic N) is 2. The van der Waals surface area contributed by atoms with Crippen LogP contribution in [0.4, 0.5) is 6.01 Å². The third kappa shape index (κ3) is 1.51. The Balaban J connectivity index is 2.22. The second-order valence-corrected chi connectivity index (χ2v) is 3.62. The molecule has 72 valence electrons. The Morgan fingerprint density at radius 1 is 1.31 bits per heavy atom. The first kappa shape index (κ1) is 8.50. The minimum Gasteiger partial charge on any atom is -0.408 e. The van der Waals surface area contributed by atoms with Gasteiger partial charge in [0.1, 0.15) is 0 Å². The number of ether oxygens (including phenoxy) is 1. The van der Waals surface area contributed by atoms with Gasteiger partial charge < -0.3 is 14.9 Å². The molecule has 0 spiro atoms. The summed E-state index contributed by atoms with van der Waals surface area (Å²) in [5, 5.41) is 7.57. The standard InChI is InChI=1S/C8H13N3O2/c1-8(2-4-12-5-3-8)6-10-11-7(9)13-6/h2-5H2,1H3,(H2,9,11). The molecule has 1 saturated heterocycles. The zero-order valence-corrected chi connectivity index (χ0v) is 7.62. The number of nitrogen functional groups attached to an aromatic ring is 1. The molecule has 1 aromatic rings. The van der Waals surface area contributed by atoms with Crippen molar-refractivity contribution in [2.75, 3.05) is 18.9 Å². The number of hydrogen-bond acceptors (Lipinski definition) is 5. The van der Waals surface area contributed by atoms with Crippen LogP contribution in [0.25, 0.3) is 0 Å². The highest BCUT2D eigenvalue weighted by Crippen LogP contribution is 2.33. The molecular formula is C8H13N3O2. The van der Waals surface area contributed by atoms with Crippen LogP contribution >= 0.6 is 0 Å². The van der Waals surface area contributed by atoms with Gasteiger partial charge in [-0.15, -0.1) is 5.10 Å². The summed E-state index contributed by atoms with van der Waals surface area (Å²) in [7, 11) is 0. The molecule has 0 atom stereocenters. The summed E-state index contributed by atoms with van der Waals surface area (Å²) >= 11 is 0. The fourth-order valence-electron chi connectivity index (χ4n) is 1.51. The molecule has 0 radical (unpaired) electrons. The Bertz CT molecular complexity index is 291. The Morgan fingerprint density at radius 2 is 2.00 bits per heavy atom. The highest BCUT2D eigenvalue weighted by molar-refractivity contribution is 5.11. The maximum Gasteiger partial charge on any atom is 0.312 e. The first-order chi connectivity index (χ1) is 6.21. The monoisotopic (exact) mass is 183 g/mol. The predicted octanol–water partition coefficient (Wildman–Crippen LogP) is 0.720. The second kappa shape index (κ2) is 2.99. The van der Waals surface area contributed by atoms with Gasteiger partial charge in [0.05, 0.1) is 5.41 Å². The van der Waals surface area contributed by atoms with Crippen molar-refractivity contribution >= 4 is 6.01 Å². The molecule has 5 heteroatoms. The van der Waals surface area contributed by atoms with Gasteiger partial charge in [-0.1, -0.05) is 12.0 Å². The molecule has 0 aromatic carbocycles. The van der Waals surface area contributed by atoms with E-state index in [4.69, 9.17) is 14.9 Å². The first-order valence-electron chi connectivity index (χ1n) is 4.38. The summed E-state index contributed by atoms with van der Waals surface area (Å²) in [6.07, 6.45) is 1.82. The third-order valence-corrected chi connectivity index (χ3v) is 2.55. The number of rotatable bonds is 1. The van der Waals surface area contributed by atoms with E-state index in [9.17, 15) is 0 Å². The largest absolute Gasteiger partial charge is 0.408 e. The lowest BCUT2D eigenvalue weighted by atomic mass is 9.82. The predicted molar refractivity (Wildman–Crippen MR) is 46.1 cm³/mol. The minimum atomic E-state index is -0.0527. The second-order valence-electron chi connectivity index (χ2n) is 3.62. The molecule has 0 unspecified atom stereocenters. The van der Waals surface area contributed by atoms with Gasteiger partial charge in [0.15, 0.2) is 0 Å². The van der Waals surface area contributed by atoms with Crippen molar-refractivity contribution in [1.29, 1.82) is 0 Å². The van der Waals surface area contributed by atoms with Crippen LogP contribution in [0.1, 0.15) is 25.7 Å². The van der Waals surface area contributed by atoms with Crippen LogP contribution in [0.15, 0.2) is 4.42 Å². The molecule has 1 fully saturated rings. The van der Waals surface area contributed by atoms with E-state index in [2.05, 4.69) is 17.1 Å². The number of nitrogens with two attached hydrogens (primary N) is 1. The molecule has 1 aliphatic rings. The minimum absolute atomic E-state index is 0.0527. The van der Waals surface area contributed by atoms with E-state index >= 15 is 0 Å². The molecule has 1 aliphatic heterocycles. The lowest BCUT2D eigenvalue weighted by molar-refractivity contribution is 0.0472. The number of hydrogen-bond donors (Lipinski definition) is 1. The van der Waals surface area contributed by atoms with E-state index in [1.165, 1.54) is 0 Å². The molecule has 0 aliphatic carbocycles. The number of anilines is 1. The zero-order chi connectivity index (χ0) is 9.31. The highest BCUT2D eigenvalue weighted by atomic mass is 16.5. The van der Waals surface area contributed by atoms with Crippen molar-refractivity contribution in [3.05, 3.63) is 5.89 Å². The first-order valence-corrected chi connectivity index (χ1v) is 4.38. The Hall–Kier alpha value is -1.10. The Morgan fingerprint density at radius 3 is 2.54 bits per heavy atom. The third-order valence-electron chi connectivity index (χ3n) is 2.55. The van der Waals surface area contributed by atoms with Gasteiger partial charge in [0, 0.05) is 13.2 Å². The van der Waals surface area contributed by atoms with E-state index in [1.807, 2.05) is 0 Å². The molecule has 0 saturated carbocycles. The molecular weight excluding hydrogens is 170 g/mol. The fraction of sp³-hybridized carbons (Fsp3) is 0.750. The van der Waals surface area contributed by atoms with Crippen LogP contribution < -0.4 is 5.73 Å². The maximum atomic E-state index is 5.37. The molecule has 2 N–H and O–H groups in total. The topological polar surface area (TPSA) is 74.2 Å². The lowest BCUT2D eigenvalue weighted by Crippen LogP contribution is -2.30. The van der Waals surface area contributed by atoms with E-state index in [-0.39, 0.29) is 11.4 Å². The average molecular weight is 183 g/mol. The summed E-state index contributed by atoms with van der Waals surface area (Å²) in [4.78, 5) is 0. The summed E-state index contributed by atoms with van der Waals surface area (Å²) in [5.74, 6) is 0.633. The molecule has 0 amide bonds. The van der Waals surface area contributed by atoms with Gasteiger partial charge in [-0.2, -0.15) is 0 Å². The highest BCUT2D eigenvalue weighted by Gasteiger charge is 2.34. The van der Waals surface area contributed by atoms with Gasteiger partial charge in [0.2, 0.25) is 5.89 Å². The maximum absolute atomic E-state index is 5.37. The van der Waals surface area contributed by atoms with Gasteiger partial charge in [-0.3, -0.25) is 0 Å². The summed E-state index contributed by atoms with van der Waals surface area (Å²) in [5.41, 5.74) is 5.32. The van der Waals surface area contributed by atoms with Crippen LogP contribution in [-0.2, 0) is 10.2 Å². The molecule has 1 aromatic heterocycles. The van der Waals surface area contributed by atoms with Crippen molar-refractivity contribution < 1.29 is 9.15 Å². The normalized spacial score (nSPS) is 21.6. The molecule has 2 rings (SSSR count). The van der Waals surface area contributed by atoms with Crippen molar-refractivity contribution in [3.63, 3.8) is 0 Å². The zero-order valence-electron chi connectivity index (χ0n) is 7.62. The van der Waals surface area contributed by atoms with Crippen molar-refractivity contribution in [2.24, 2.45) is 0 Å². The van der Waals surface area contributed by atoms with Crippen molar-refractivity contribution in [1.82, 2.24) is 10.2 Å². The summed E-state index contributed by atoms with van der Waals surface area (Å²) in [6.45, 7) is 3.60. The molecule has 0 bridgehead atoms. The van der Waals surface area contributed by atoms with E-state index in [0.29, 0.717) is 5.89 Å². The van der Waals surface area contributed by atoms with Crippen LogP contribution in [0.3, 0.4) is 0 Å². The average Bonchev–Trinajstić information content (AvgIpc) is 2.54. The quantitative estimate of drug-likeness (QED) is 0.694. The molecule has 2 heterocycles. The molecule has 5 nitrogen and oxygen atoms in total. The van der Waals surface area contributed by atoms with Crippen LogP contribution in [0.5, 0.6) is 0 Å². The fourth-order valence-corrected chi connectivity index (χ4v) is 1.51. The van der Waals surface area contributed by atoms with Gasteiger partial charge in [-0.05, 0) is 12.8 Å². The van der Waals surface area contributed by atoms with Gasteiger partial charge in [-0.25, -0.2) is 0 Å². The van der Waals surface area contributed by atoms with Crippen molar-refractivity contribution in [3.8, 4) is 0 Å². The summed E-state index contributed by atoms with van der Waals surface area (Å²) < 4.78 is 10.5. The smallest absolute Gasteiger partial charge is 0.312 e. The SMILES string of the molecule is CC1(c2nnc(N)o2)CCOCC1. The van der Waals surface area contributed by atoms with E-state index in [0.717, 1.165) is 26.1 Å². The van der Waals surface area contributed by atoms with Crippen LogP contribution in [0, 0.1) is 0 Å². The van der Waals surface area contributed by atoms with Gasteiger partial charge >= 0.3 is 6.01 Å². The molecule has 13 heavy (non-hydrogen) atoms. The Labute approximate surface area is 76.3 Å². The van der Waals surface area contributed by atoms with Crippen LogP contribution in [-0.4, -0.2) is 23.4 Å². The summed E-state index contributed by atoms with van der Waals surface area (Å²) in [6, 6.07) is 0.141. The van der Waals surface area contributed by atoms with Crippen molar-refractivity contribution in [2.45, 2.75) is 25.2 Å². The lowest BCUT2D eigenvalue weighted by Gasteiger charge is -2.29. The van der Waals surface area contributed by atoms with Gasteiger partial charge in [0.25, 0.3) is 0 Å². The van der Waals surface area contributed by atoms with E-state index in [1.54, 1.807) is 0 Å². The van der Waals surface area contributed by atoms with E-state index < -0.39 is 0 Å². The number of aromatic nitrogens is 2. The van der Waals surface area contributed by atoms with Crippen LogP contribution in [0.2, 0.25) is 0 Å². The Kier molecular flexibility index (Phi) is 1.95.